The summed E-state index contributed by atoms with van der Waals surface area (Å²) in [6.07, 6.45) is 2.15. The fourth-order valence-corrected chi connectivity index (χ4v) is 2.01. The molecule has 0 aliphatic carbocycles. The molecule has 19 heavy (non-hydrogen) atoms. The molecule has 2 nitrogen and oxygen atoms in total. The minimum Gasteiger partial charge on any atom is -0.346 e. The number of rotatable bonds is 4. The first-order chi connectivity index (χ1) is 8.94. The first kappa shape index (κ1) is 13.9. The lowest BCUT2D eigenvalue weighted by Gasteiger charge is -2.21. The maximum atomic E-state index is 3.54. The molecule has 0 fully saturated rings. The average molecular weight is 256 g/mol. The van der Waals surface area contributed by atoms with Crippen LogP contribution in [0.2, 0.25) is 0 Å². The maximum Gasteiger partial charge on any atom is 0.0473 e. The fourth-order valence-electron chi connectivity index (χ4n) is 2.01. The molecule has 0 spiro atoms. The van der Waals surface area contributed by atoms with E-state index in [2.05, 4.69) is 80.2 Å². The topological polar surface area (TPSA) is 17.0 Å². The average Bonchev–Trinajstić information content (AvgIpc) is 2.76. The van der Waals surface area contributed by atoms with Gasteiger partial charge in [0.2, 0.25) is 0 Å². The van der Waals surface area contributed by atoms with E-state index in [1.165, 1.54) is 16.8 Å². The molecule has 0 radical (unpaired) electrons. The van der Waals surface area contributed by atoms with Gasteiger partial charge in [0, 0.05) is 30.5 Å². The van der Waals surface area contributed by atoms with Crippen molar-refractivity contribution in [2.75, 3.05) is 0 Å². The number of aromatic nitrogens is 1. The Labute approximate surface area is 116 Å². The van der Waals surface area contributed by atoms with Crippen molar-refractivity contribution in [3.05, 3.63) is 59.4 Å². The van der Waals surface area contributed by atoms with E-state index in [0.717, 1.165) is 13.1 Å². The zero-order valence-corrected chi connectivity index (χ0v) is 12.4. The Kier molecular flexibility index (Phi) is 4.11. The summed E-state index contributed by atoms with van der Waals surface area (Å²) < 4.78 is 2.31. The lowest BCUT2D eigenvalue weighted by molar-refractivity contribution is 0.417. The van der Waals surface area contributed by atoms with Gasteiger partial charge >= 0.3 is 0 Å². The van der Waals surface area contributed by atoms with Gasteiger partial charge in [0.15, 0.2) is 0 Å². The lowest BCUT2D eigenvalue weighted by Crippen LogP contribution is -2.35. The molecule has 0 bridgehead atoms. The number of aryl methyl sites for hydroxylation is 1. The molecule has 0 aliphatic heterocycles. The molecule has 0 saturated carbocycles. The highest BCUT2D eigenvalue weighted by Gasteiger charge is 2.10. The largest absolute Gasteiger partial charge is 0.346 e. The Morgan fingerprint density at radius 3 is 2.37 bits per heavy atom. The molecule has 0 saturated heterocycles. The van der Waals surface area contributed by atoms with Crippen molar-refractivity contribution >= 4 is 0 Å². The molecule has 0 atom stereocenters. The number of nitrogens with zero attached hydrogens (tertiary/aromatic N) is 1. The molecular weight excluding hydrogens is 232 g/mol. The van der Waals surface area contributed by atoms with Crippen LogP contribution in [0.4, 0.5) is 0 Å². The molecule has 2 heteroatoms. The van der Waals surface area contributed by atoms with Crippen LogP contribution in [0.25, 0.3) is 0 Å². The standard InChI is InChI=1S/C17H24N2/c1-14-7-9-15(10-8-14)13-19-11-5-6-16(19)12-18-17(2,3)4/h5-11,18H,12-13H2,1-4H3. The first-order valence-corrected chi connectivity index (χ1v) is 6.89. The summed E-state index contributed by atoms with van der Waals surface area (Å²) in [5.74, 6) is 0. The molecular formula is C17H24N2. The lowest BCUT2D eigenvalue weighted by atomic mass is 10.1. The van der Waals surface area contributed by atoms with E-state index >= 15 is 0 Å². The number of nitrogens with one attached hydrogen (secondary N) is 1. The predicted octanol–water partition coefficient (Wildman–Crippen LogP) is 3.73. The Hall–Kier alpha value is -1.54. The third-order valence-corrected chi connectivity index (χ3v) is 3.20. The highest BCUT2D eigenvalue weighted by molar-refractivity contribution is 5.22. The van der Waals surface area contributed by atoms with E-state index in [9.17, 15) is 0 Å². The van der Waals surface area contributed by atoms with Gasteiger partial charge < -0.3 is 9.88 Å². The summed E-state index contributed by atoms with van der Waals surface area (Å²) in [7, 11) is 0. The van der Waals surface area contributed by atoms with Crippen LogP contribution in [-0.2, 0) is 13.1 Å². The Balaban J connectivity index is 2.05. The summed E-state index contributed by atoms with van der Waals surface area (Å²) in [4.78, 5) is 0. The van der Waals surface area contributed by atoms with Gasteiger partial charge in [-0.3, -0.25) is 0 Å². The van der Waals surface area contributed by atoms with Crippen LogP contribution in [0, 0.1) is 6.92 Å². The van der Waals surface area contributed by atoms with Crippen LogP contribution in [0.15, 0.2) is 42.6 Å². The van der Waals surface area contributed by atoms with Crippen LogP contribution in [0.1, 0.15) is 37.6 Å². The van der Waals surface area contributed by atoms with Crippen LogP contribution in [0.3, 0.4) is 0 Å². The molecule has 0 aliphatic rings. The van der Waals surface area contributed by atoms with Crippen molar-refractivity contribution in [2.24, 2.45) is 0 Å². The molecule has 1 aromatic carbocycles. The molecule has 1 N–H and O–H groups in total. The molecule has 2 aromatic rings. The van der Waals surface area contributed by atoms with E-state index in [4.69, 9.17) is 0 Å². The van der Waals surface area contributed by atoms with Gasteiger partial charge in [-0.2, -0.15) is 0 Å². The maximum absolute atomic E-state index is 3.54. The highest BCUT2D eigenvalue weighted by atomic mass is 15.0. The van der Waals surface area contributed by atoms with Crippen molar-refractivity contribution in [1.82, 2.24) is 9.88 Å². The molecule has 1 heterocycles. The van der Waals surface area contributed by atoms with Crippen LogP contribution >= 0.6 is 0 Å². The van der Waals surface area contributed by atoms with Gasteiger partial charge in [-0.05, 0) is 45.4 Å². The molecule has 0 unspecified atom stereocenters. The normalized spacial score (nSPS) is 11.8. The summed E-state index contributed by atoms with van der Waals surface area (Å²) in [5.41, 5.74) is 4.14. The Morgan fingerprint density at radius 1 is 1.05 bits per heavy atom. The van der Waals surface area contributed by atoms with Crippen LogP contribution in [-0.4, -0.2) is 10.1 Å². The van der Waals surface area contributed by atoms with Crippen molar-refractivity contribution in [1.29, 1.82) is 0 Å². The van der Waals surface area contributed by atoms with E-state index in [0.29, 0.717) is 0 Å². The number of hydrogen-bond donors (Lipinski definition) is 1. The SMILES string of the molecule is Cc1ccc(Cn2cccc2CNC(C)(C)C)cc1. The smallest absolute Gasteiger partial charge is 0.0473 e. The van der Waals surface area contributed by atoms with Gasteiger partial charge in [0.25, 0.3) is 0 Å². The summed E-state index contributed by atoms with van der Waals surface area (Å²) >= 11 is 0. The molecule has 2 rings (SSSR count). The second-order valence-corrected chi connectivity index (χ2v) is 6.22. The quantitative estimate of drug-likeness (QED) is 0.882. The zero-order valence-electron chi connectivity index (χ0n) is 12.4. The van der Waals surface area contributed by atoms with Gasteiger partial charge in [-0.1, -0.05) is 29.8 Å². The molecule has 102 valence electrons. The van der Waals surface area contributed by atoms with Crippen LogP contribution in [0.5, 0.6) is 0 Å². The summed E-state index contributed by atoms with van der Waals surface area (Å²) in [6.45, 7) is 10.6. The second kappa shape index (κ2) is 5.62. The predicted molar refractivity (Wildman–Crippen MR) is 81.3 cm³/mol. The van der Waals surface area contributed by atoms with E-state index in [1.54, 1.807) is 0 Å². The van der Waals surface area contributed by atoms with E-state index in [-0.39, 0.29) is 5.54 Å². The monoisotopic (exact) mass is 256 g/mol. The van der Waals surface area contributed by atoms with Gasteiger partial charge in [0.05, 0.1) is 0 Å². The van der Waals surface area contributed by atoms with Gasteiger partial charge in [-0.15, -0.1) is 0 Å². The second-order valence-electron chi connectivity index (χ2n) is 6.22. The van der Waals surface area contributed by atoms with Crippen molar-refractivity contribution in [2.45, 2.75) is 46.3 Å². The third-order valence-electron chi connectivity index (χ3n) is 3.20. The summed E-state index contributed by atoms with van der Waals surface area (Å²) in [5, 5.41) is 3.54. The molecule has 0 amide bonds. The minimum absolute atomic E-state index is 0.152. The zero-order chi connectivity index (χ0) is 13.9. The molecule has 1 aromatic heterocycles. The van der Waals surface area contributed by atoms with Gasteiger partial charge in [-0.25, -0.2) is 0 Å². The van der Waals surface area contributed by atoms with Crippen molar-refractivity contribution in [3.63, 3.8) is 0 Å². The number of hydrogen-bond acceptors (Lipinski definition) is 1. The van der Waals surface area contributed by atoms with E-state index < -0.39 is 0 Å². The van der Waals surface area contributed by atoms with Crippen molar-refractivity contribution in [3.8, 4) is 0 Å². The van der Waals surface area contributed by atoms with Crippen molar-refractivity contribution < 1.29 is 0 Å². The third kappa shape index (κ3) is 4.25. The minimum atomic E-state index is 0.152. The summed E-state index contributed by atoms with van der Waals surface area (Å²) in [6, 6.07) is 13.1. The first-order valence-electron chi connectivity index (χ1n) is 6.89. The van der Waals surface area contributed by atoms with Gasteiger partial charge in [0.1, 0.15) is 0 Å². The highest BCUT2D eigenvalue weighted by Crippen LogP contribution is 2.10. The Morgan fingerprint density at radius 2 is 1.74 bits per heavy atom. The fraction of sp³-hybridized carbons (Fsp3) is 0.412. The van der Waals surface area contributed by atoms with Crippen LogP contribution < -0.4 is 5.32 Å². The number of benzene rings is 1. The Bertz CT molecular complexity index is 515. The van der Waals surface area contributed by atoms with E-state index in [1.807, 2.05) is 0 Å².